The molecule has 5 nitrogen and oxygen atoms in total. The summed E-state index contributed by atoms with van der Waals surface area (Å²) < 4.78 is 39.3. The van der Waals surface area contributed by atoms with Crippen molar-refractivity contribution < 1.29 is 17.6 Å². The standard InChI is InChI=1S/C20H23NO4S2/c1-4-24-20-15(2)10-19(11-16(20)3)27(22,23)21(12-17-7-9-26-14-17)13-18-6-5-8-25-18/h5-11,14H,4,12-13H2,1-3H3. The Morgan fingerprint density at radius 2 is 1.89 bits per heavy atom. The SMILES string of the molecule is CCOc1c(C)cc(S(=O)(=O)N(Cc2ccsc2)Cc2ccco2)cc1C. The number of ether oxygens (including phenoxy) is 1. The number of thiophene rings is 1. The highest BCUT2D eigenvalue weighted by atomic mass is 32.2. The summed E-state index contributed by atoms with van der Waals surface area (Å²) in [6.07, 6.45) is 1.55. The Morgan fingerprint density at radius 1 is 1.15 bits per heavy atom. The molecule has 1 aromatic carbocycles. The average molecular weight is 406 g/mol. The number of hydrogen-bond acceptors (Lipinski definition) is 5. The first-order chi connectivity index (χ1) is 12.9. The Kier molecular flexibility index (Phi) is 6.04. The van der Waals surface area contributed by atoms with Crippen LogP contribution in [0, 0.1) is 13.8 Å². The largest absolute Gasteiger partial charge is 0.493 e. The van der Waals surface area contributed by atoms with Gasteiger partial charge in [-0.15, -0.1) is 0 Å². The lowest BCUT2D eigenvalue weighted by molar-refractivity contribution is 0.335. The number of hydrogen-bond donors (Lipinski definition) is 0. The van der Waals surface area contributed by atoms with Gasteiger partial charge in [-0.3, -0.25) is 0 Å². The van der Waals surface area contributed by atoms with Crippen LogP contribution < -0.4 is 4.74 Å². The second kappa shape index (κ2) is 8.29. The first-order valence-corrected chi connectivity index (χ1v) is 11.1. The summed E-state index contributed by atoms with van der Waals surface area (Å²) in [5.74, 6) is 1.35. The van der Waals surface area contributed by atoms with E-state index in [1.165, 1.54) is 4.31 Å². The van der Waals surface area contributed by atoms with Gasteiger partial charge in [-0.1, -0.05) is 0 Å². The van der Waals surface area contributed by atoms with Crippen LogP contribution in [0.25, 0.3) is 0 Å². The molecular weight excluding hydrogens is 382 g/mol. The molecule has 0 saturated carbocycles. The molecule has 0 bridgehead atoms. The summed E-state index contributed by atoms with van der Waals surface area (Å²) in [6, 6.07) is 8.83. The van der Waals surface area contributed by atoms with E-state index in [9.17, 15) is 8.42 Å². The van der Waals surface area contributed by atoms with Crippen LogP contribution in [0.3, 0.4) is 0 Å². The molecule has 0 fully saturated rings. The summed E-state index contributed by atoms with van der Waals surface area (Å²) in [4.78, 5) is 0.266. The van der Waals surface area contributed by atoms with Crippen molar-refractivity contribution in [1.29, 1.82) is 0 Å². The van der Waals surface area contributed by atoms with Gasteiger partial charge >= 0.3 is 0 Å². The molecule has 2 aromatic heterocycles. The van der Waals surface area contributed by atoms with Crippen LogP contribution >= 0.6 is 11.3 Å². The maximum atomic E-state index is 13.4. The molecule has 3 rings (SSSR count). The molecule has 3 aromatic rings. The highest BCUT2D eigenvalue weighted by Gasteiger charge is 2.27. The number of nitrogens with zero attached hydrogens (tertiary/aromatic N) is 1. The fourth-order valence-electron chi connectivity index (χ4n) is 2.97. The Balaban J connectivity index is 1.99. The van der Waals surface area contributed by atoms with E-state index in [1.807, 2.05) is 37.6 Å². The first-order valence-electron chi connectivity index (χ1n) is 8.69. The molecule has 2 heterocycles. The van der Waals surface area contributed by atoms with E-state index in [-0.39, 0.29) is 18.0 Å². The van der Waals surface area contributed by atoms with Crippen LogP contribution in [-0.2, 0) is 23.1 Å². The highest BCUT2D eigenvalue weighted by Crippen LogP contribution is 2.30. The molecule has 0 atom stereocenters. The highest BCUT2D eigenvalue weighted by molar-refractivity contribution is 7.89. The maximum Gasteiger partial charge on any atom is 0.243 e. The molecule has 7 heteroatoms. The quantitative estimate of drug-likeness (QED) is 0.543. The summed E-state index contributed by atoms with van der Waals surface area (Å²) in [6.45, 7) is 6.65. The molecule has 0 saturated heterocycles. The van der Waals surface area contributed by atoms with Crippen LogP contribution in [0.4, 0.5) is 0 Å². The molecule has 0 radical (unpaired) electrons. The summed E-state index contributed by atoms with van der Waals surface area (Å²) in [5, 5.41) is 3.90. The predicted molar refractivity (Wildman–Crippen MR) is 107 cm³/mol. The number of rotatable bonds is 8. The van der Waals surface area contributed by atoms with Crippen molar-refractivity contribution in [2.45, 2.75) is 38.8 Å². The fourth-order valence-corrected chi connectivity index (χ4v) is 5.19. The first kappa shape index (κ1) is 19.7. The van der Waals surface area contributed by atoms with Crippen LogP contribution in [-0.4, -0.2) is 19.3 Å². The van der Waals surface area contributed by atoms with Gasteiger partial charge < -0.3 is 9.15 Å². The molecule has 0 unspecified atom stereocenters. The van der Waals surface area contributed by atoms with Gasteiger partial charge in [0.25, 0.3) is 0 Å². The summed E-state index contributed by atoms with van der Waals surface area (Å²) in [5.41, 5.74) is 2.57. The van der Waals surface area contributed by atoms with Crippen LogP contribution in [0.1, 0.15) is 29.4 Å². The van der Waals surface area contributed by atoms with E-state index in [2.05, 4.69) is 0 Å². The lowest BCUT2D eigenvalue weighted by Gasteiger charge is -2.22. The molecule has 0 amide bonds. The van der Waals surface area contributed by atoms with Crippen molar-refractivity contribution in [2.75, 3.05) is 6.61 Å². The van der Waals surface area contributed by atoms with E-state index in [1.54, 1.807) is 41.9 Å². The summed E-state index contributed by atoms with van der Waals surface area (Å²) >= 11 is 1.55. The lowest BCUT2D eigenvalue weighted by Crippen LogP contribution is -2.30. The molecule has 0 aliphatic heterocycles. The van der Waals surface area contributed by atoms with Crippen molar-refractivity contribution >= 4 is 21.4 Å². The number of aryl methyl sites for hydroxylation is 2. The predicted octanol–water partition coefficient (Wildman–Crippen LogP) is 4.75. The molecule has 0 spiro atoms. The molecule has 0 aliphatic carbocycles. The number of furan rings is 1. The molecule has 0 aliphatic rings. The van der Waals surface area contributed by atoms with E-state index in [0.29, 0.717) is 12.4 Å². The topological polar surface area (TPSA) is 59.8 Å². The normalized spacial score (nSPS) is 11.9. The Labute approximate surface area is 164 Å². The van der Waals surface area contributed by atoms with Gasteiger partial charge in [-0.25, -0.2) is 8.42 Å². The Hall–Kier alpha value is -2.09. The molecule has 144 valence electrons. The zero-order chi connectivity index (χ0) is 19.4. The van der Waals surface area contributed by atoms with E-state index < -0.39 is 10.0 Å². The van der Waals surface area contributed by atoms with Crippen molar-refractivity contribution in [3.8, 4) is 5.75 Å². The second-order valence-corrected chi connectivity index (χ2v) is 9.02. The maximum absolute atomic E-state index is 13.4. The van der Waals surface area contributed by atoms with Crippen molar-refractivity contribution in [3.63, 3.8) is 0 Å². The Bertz CT molecular complexity index is 918. The minimum absolute atomic E-state index is 0.177. The van der Waals surface area contributed by atoms with Gasteiger partial charge in [-0.05, 0) is 78.6 Å². The van der Waals surface area contributed by atoms with Gasteiger partial charge in [0.1, 0.15) is 11.5 Å². The van der Waals surface area contributed by atoms with Crippen molar-refractivity contribution in [1.82, 2.24) is 4.31 Å². The molecule has 0 N–H and O–H groups in total. The number of benzene rings is 1. The Morgan fingerprint density at radius 3 is 2.44 bits per heavy atom. The van der Waals surface area contributed by atoms with Crippen LogP contribution in [0.15, 0.2) is 56.7 Å². The minimum atomic E-state index is -3.71. The van der Waals surface area contributed by atoms with E-state index in [0.717, 1.165) is 22.4 Å². The number of sulfonamides is 1. The molecule has 27 heavy (non-hydrogen) atoms. The third kappa shape index (κ3) is 4.43. The average Bonchev–Trinajstić information content (AvgIpc) is 3.31. The fraction of sp³-hybridized carbons (Fsp3) is 0.300. The third-order valence-corrected chi connectivity index (χ3v) is 6.71. The monoisotopic (exact) mass is 405 g/mol. The minimum Gasteiger partial charge on any atom is -0.493 e. The van der Waals surface area contributed by atoms with Gasteiger partial charge in [0.15, 0.2) is 0 Å². The zero-order valence-electron chi connectivity index (χ0n) is 15.6. The zero-order valence-corrected chi connectivity index (χ0v) is 17.3. The third-order valence-electron chi connectivity index (χ3n) is 4.21. The van der Waals surface area contributed by atoms with Crippen molar-refractivity contribution in [2.24, 2.45) is 0 Å². The van der Waals surface area contributed by atoms with Crippen molar-refractivity contribution in [3.05, 3.63) is 69.8 Å². The van der Waals surface area contributed by atoms with Gasteiger partial charge in [-0.2, -0.15) is 15.6 Å². The second-order valence-electron chi connectivity index (χ2n) is 6.30. The lowest BCUT2D eigenvalue weighted by atomic mass is 10.1. The van der Waals surface area contributed by atoms with Gasteiger partial charge in [0.2, 0.25) is 10.0 Å². The smallest absolute Gasteiger partial charge is 0.243 e. The van der Waals surface area contributed by atoms with Gasteiger partial charge in [0.05, 0.1) is 24.3 Å². The van der Waals surface area contributed by atoms with Crippen LogP contribution in [0.5, 0.6) is 5.75 Å². The summed E-state index contributed by atoms with van der Waals surface area (Å²) in [7, 11) is -3.71. The van der Waals surface area contributed by atoms with E-state index >= 15 is 0 Å². The van der Waals surface area contributed by atoms with Gasteiger partial charge in [0, 0.05) is 6.54 Å². The van der Waals surface area contributed by atoms with E-state index in [4.69, 9.17) is 9.15 Å². The molecular formula is C20H23NO4S2. The van der Waals surface area contributed by atoms with Crippen LogP contribution in [0.2, 0.25) is 0 Å².